The van der Waals surface area contributed by atoms with Crippen LogP contribution in [-0.4, -0.2) is 41.6 Å². The van der Waals surface area contributed by atoms with Crippen molar-refractivity contribution in [3.8, 4) is 0 Å². The van der Waals surface area contributed by atoms with Crippen LogP contribution in [0.15, 0.2) is 24.3 Å². The van der Waals surface area contributed by atoms with E-state index < -0.39 is 24.4 Å². The highest BCUT2D eigenvalue weighted by atomic mass is 35.5. The van der Waals surface area contributed by atoms with Gasteiger partial charge >= 0.3 is 0 Å². The topological polar surface area (TPSA) is 79.2 Å². The summed E-state index contributed by atoms with van der Waals surface area (Å²) in [5, 5.41) is 29.0. The van der Waals surface area contributed by atoms with Gasteiger partial charge in [-0.05, 0) is 12.5 Å². The van der Waals surface area contributed by atoms with Crippen LogP contribution in [0.5, 0.6) is 0 Å². The molecule has 0 bridgehead atoms. The lowest BCUT2D eigenvalue weighted by molar-refractivity contribution is -0.133. The number of aliphatic hydroxyl groups excluding tert-OH is 2. The Labute approximate surface area is 123 Å². The van der Waals surface area contributed by atoms with Crippen molar-refractivity contribution in [3.63, 3.8) is 0 Å². The maximum absolute atomic E-state index is 10.3. The van der Waals surface area contributed by atoms with Gasteiger partial charge in [-0.2, -0.15) is 0 Å². The molecule has 0 spiro atoms. The van der Waals surface area contributed by atoms with E-state index in [1.165, 1.54) is 7.11 Å². The molecule has 114 valence electrons. The molecule has 3 N–H and O–H groups in total. The van der Waals surface area contributed by atoms with Crippen LogP contribution < -0.4 is 0 Å². The lowest BCUT2D eigenvalue weighted by Gasteiger charge is -2.26. The van der Waals surface area contributed by atoms with Crippen LogP contribution in [-0.2, 0) is 9.47 Å². The number of rotatable bonds is 8. The molecule has 6 heteroatoms. The Bertz CT molecular complexity index is 399. The summed E-state index contributed by atoms with van der Waals surface area (Å²) in [4.78, 5) is 0. The van der Waals surface area contributed by atoms with Gasteiger partial charge in [-0.15, -0.1) is 0 Å². The van der Waals surface area contributed by atoms with Crippen molar-refractivity contribution in [2.45, 2.75) is 31.8 Å². The van der Waals surface area contributed by atoms with Crippen LogP contribution in [0.1, 0.15) is 25.0 Å². The normalized spacial score (nSPS) is 16.1. The third-order valence-electron chi connectivity index (χ3n) is 3.05. The molecule has 0 saturated carbocycles. The summed E-state index contributed by atoms with van der Waals surface area (Å²) in [6, 6.07) is 7.04. The monoisotopic (exact) mass is 304 g/mol. The van der Waals surface area contributed by atoms with Gasteiger partial charge in [-0.3, -0.25) is 0 Å². The van der Waals surface area contributed by atoms with E-state index in [2.05, 4.69) is 0 Å². The molecule has 5 nitrogen and oxygen atoms in total. The average molecular weight is 305 g/mol. The highest BCUT2D eigenvalue weighted by Crippen LogP contribution is 2.31. The molecule has 0 radical (unpaired) electrons. The minimum absolute atomic E-state index is 0.00299. The van der Waals surface area contributed by atoms with Crippen molar-refractivity contribution >= 4 is 11.6 Å². The predicted octanol–water partition coefficient (Wildman–Crippen LogP) is 1.70. The van der Waals surface area contributed by atoms with Gasteiger partial charge in [0.15, 0.2) is 6.29 Å². The number of methoxy groups -OCH3 is 1. The van der Waals surface area contributed by atoms with Gasteiger partial charge < -0.3 is 24.8 Å². The molecule has 1 rings (SSSR count). The number of hydrogen-bond acceptors (Lipinski definition) is 5. The molecule has 1 aromatic rings. The zero-order chi connectivity index (χ0) is 15.1. The highest BCUT2D eigenvalue weighted by molar-refractivity contribution is 6.31. The van der Waals surface area contributed by atoms with E-state index in [0.29, 0.717) is 10.6 Å². The number of halogens is 1. The Morgan fingerprint density at radius 3 is 2.40 bits per heavy atom. The summed E-state index contributed by atoms with van der Waals surface area (Å²) in [5.41, 5.74) is 0.637. The second kappa shape index (κ2) is 8.56. The van der Waals surface area contributed by atoms with E-state index in [1.807, 2.05) is 0 Å². The number of benzene rings is 1. The van der Waals surface area contributed by atoms with E-state index >= 15 is 0 Å². The van der Waals surface area contributed by atoms with Gasteiger partial charge in [0.2, 0.25) is 0 Å². The summed E-state index contributed by atoms with van der Waals surface area (Å²) in [6.45, 7) is 1.64. The van der Waals surface area contributed by atoms with Gasteiger partial charge in [0, 0.05) is 23.6 Å². The first-order valence-electron chi connectivity index (χ1n) is 6.36. The Morgan fingerprint density at radius 2 is 1.85 bits per heavy atom. The minimum atomic E-state index is -1.49. The molecule has 0 aliphatic rings. The lowest BCUT2D eigenvalue weighted by atomic mass is 9.95. The van der Waals surface area contributed by atoms with E-state index in [4.69, 9.17) is 31.3 Å². The standard InChI is InChI=1S/C14H21ClO5/c1-9(14(17)18)7-12(16)13(20-8-19-2)10-5-3-4-6-11(10)15/h3-6,9,12-14,16-18H,7-8H2,1-2H3/t9-,12+,13-/m1/s1. The van der Waals surface area contributed by atoms with Crippen molar-refractivity contribution in [1.82, 2.24) is 0 Å². The number of hydrogen-bond donors (Lipinski definition) is 3. The SMILES string of the molecule is COCO[C@H](c1ccccc1Cl)[C@@H](O)C[C@@H](C)C(O)O. The second-order valence-electron chi connectivity index (χ2n) is 4.71. The van der Waals surface area contributed by atoms with Gasteiger partial charge in [-0.25, -0.2) is 0 Å². The fourth-order valence-electron chi connectivity index (χ4n) is 1.88. The van der Waals surface area contributed by atoms with E-state index in [1.54, 1.807) is 31.2 Å². The van der Waals surface area contributed by atoms with Gasteiger partial charge in [-0.1, -0.05) is 36.7 Å². The van der Waals surface area contributed by atoms with E-state index in [-0.39, 0.29) is 13.2 Å². The molecule has 0 amide bonds. The second-order valence-corrected chi connectivity index (χ2v) is 5.12. The first kappa shape index (κ1) is 17.4. The van der Waals surface area contributed by atoms with E-state index in [9.17, 15) is 5.11 Å². The highest BCUT2D eigenvalue weighted by Gasteiger charge is 2.27. The third kappa shape index (κ3) is 5.01. The molecular weight excluding hydrogens is 284 g/mol. The van der Waals surface area contributed by atoms with Gasteiger partial charge in [0.05, 0.1) is 6.10 Å². The lowest BCUT2D eigenvalue weighted by Crippen LogP contribution is -2.28. The van der Waals surface area contributed by atoms with Crippen molar-refractivity contribution in [2.24, 2.45) is 5.92 Å². The summed E-state index contributed by atoms with van der Waals surface area (Å²) in [7, 11) is 1.48. The number of ether oxygens (including phenoxy) is 2. The Hall–Kier alpha value is -0.690. The minimum Gasteiger partial charge on any atom is -0.390 e. The summed E-state index contributed by atoms with van der Waals surface area (Å²) in [5.74, 6) is -0.485. The third-order valence-corrected chi connectivity index (χ3v) is 3.39. The molecule has 3 atom stereocenters. The Balaban J connectivity index is 2.86. The van der Waals surface area contributed by atoms with E-state index in [0.717, 1.165) is 0 Å². The number of aliphatic hydroxyl groups is 3. The maximum Gasteiger partial charge on any atom is 0.154 e. The van der Waals surface area contributed by atoms with Crippen LogP contribution in [0.4, 0.5) is 0 Å². The fourth-order valence-corrected chi connectivity index (χ4v) is 2.12. The molecule has 0 unspecified atom stereocenters. The molecule has 1 aromatic carbocycles. The fraction of sp³-hybridized carbons (Fsp3) is 0.571. The smallest absolute Gasteiger partial charge is 0.154 e. The first-order chi connectivity index (χ1) is 9.47. The summed E-state index contributed by atoms with van der Waals surface area (Å²) in [6.07, 6.45) is -2.94. The van der Waals surface area contributed by atoms with Crippen LogP contribution in [0, 0.1) is 5.92 Å². The van der Waals surface area contributed by atoms with Crippen molar-refractivity contribution in [1.29, 1.82) is 0 Å². The van der Waals surface area contributed by atoms with Crippen LogP contribution in [0.25, 0.3) is 0 Å². The quantitative estimate of drug-likeness (QED) is 0.637. The van der Waals surface area contributed by atoms with Crippen LogP contribution >= 0.6 is 11.6 Å². The molecule has 0 aromatic heterocycles. The van der Waals surface area contributed by atoms with Crippen LogP contribution in [0.3, 0.4) is 0 Å². The van der Waals surface area contributed by atoms with Gasteiger partial charge in [0.1, 0.15) is 12.9 Å². The van der Waals surface area contributed by atoms with Crippen molar-refractivity contribution in [2.75, 3.05) is 13.9 Å². The molecule has 20 heavy (non-hydrogen) atoms. The Morgan fingerprint density at radius 1 is 1.20 bits per heavy atom. The zero-order valence-electron chi connectivity index (χ0n) is 11.6. The molecule has 0 aliphatic heterocycles. The molecular formula is C14H21ClO5. The largest absolute Gasteiger partial charge is 0.390 e. The van der Waals surface area contributed by atoms with Crippen LogP contribution in [0.2, 0.25) is 5.02 Å². The molecule has 0 saturated heterocycles. The Kier molecular flexibility index (Phi) is 7.43. The summed E-state index contributed by atoms with van der Waals surface area (Å²) >= 11 is 6.11. The average Bonchev–Trinajstić information content (AvgIpc) is 2.40. The molecule has 0 fully saturated rings. The van der Waals surface area contributed by atoms with Crippen molar-refractivity contribution in [3.05, 3.63) is 34.9 Å². The zero-order valence-corrected chi connectivity index (χ0v) is 12.3. The summed E-state index contributed by atoms with van der Waals surface area (Å²) < 4.78 is 10.3. The van der Waals surface area contributed by atoms with Crippen molar-refractivity contribution < 1.29 is 24.8 Å². The first-order valence-corrected chi connectivity index (χ1v) is 6.74. The predicted molar refractivity (Wildman–Crippen MR) is 75.2 cm³/mol. The molecule has 0 heterocycles. The van der Waals surface area contributed by atoms with Gasteiger partial charge in [0.25, 0.3) is 0 Å². The maximum atomic E-state index is 10.3. The molecule has 0 aliphatic carbocycles.